The van der Waals surface area contributed by atoms with Crippen LogP contribution in [-0.4, -0.2) is 64.6 Å². The number of carbonyl (C=O) groups excluding carboxylic acids is 3. The minimum absolute atomic E-state index is 0.133. The van der Waals surface area contributed by atoms with Crippen LogP contribution in [0, 0.1) is 5.82 Å². The quantitative estimate of drug-likeness (QED) is 0.498. The van der Waals surface area contributed by atoms with Gasteiger partial charge in [-0.25, -0.2) is 4.39 Å². The second-order valence-corrected chi connectivity index (χ2v) is 10.6. The number of hydrogen-bond acceptors (Lipinski definition) is 5. The summed E-state index contributed by atoms with van der Waals surface area (Å²) in [6.07, 6.45) is 0.619. The van der Waals surface area contributed by atoms with Gasteiger partial charge < -0.3 is 4.90 Å². The Hall–Kier alpha value is -3.88. The molecule has 0 aliphatic carbocycles. The van der Waals surface area contributed by atoms with E-state index < -0.39 is 6.04 Å². The summed E-state index contributed by atoms with van der Waals surface area (Å²) in [5.41, 5.74) is 6.14. The molecule has 8 heteroatoms. The zero-order chi connectivity index (χ0) is 26.9. The Kier molecular flexibility index (Phi) is 6.97. The number of benzene rings is 3. The smallest absolute Gasteiger partial charge is 0.255 e. The number of amides is 3. The van der Waals surface area contributed by atoms with Crippen molar-refractivity contribution >= 4 is 17.7 Å². The molecular weight excluding hydrogens is 495 g/mol. The maximum absolute atomic E-state index is 13.4. The molecule has 3 aliphatic heterocycles. The van der Waals surface area contributed by atoms with E-state index in [1.807, 2.05) is 36.4 Å². The molecule has 0 radical (unpaired) electrons. The van der Waals surface area contributed by atoms with Gasteiger partial charge in [-0.15, -0.1) is 0 Å². The van der Waals surface area contributed by atoms with E-state index in [2.05, 4.69) is 33.3 Å². The molecular formula is C31H31FN4O3. The van der Waals surface area contributed by atoms with Gasteiger partial charge in [0.25, 0.3) is 5.91 Å². The molecule has 6 rings (SSSR count). The van der Waals surface area contributed by atoms with Crippen LogP contribution in [0.2, 0.25) is 0 Å². The van der Waals surface area contributed by atoms with Crippen LogP contribution in [-0.2, 0) is 29.2 Å². The van der Waals surface area contributed by atoms with Gasteiger partial charge >= 0.3 is 0 Å². The number of piperidine rings is 1. The van der Waals surface area contributed by atoms with Crippen molar-refractivity contribution < 1.29 is 18.8 Å². The predicted molar refractivity (Wildman–Crippen MR) is 145 cm³/mol. The third-order valence-electron chi connectivity index (χ3n) is 8.10. The first-order valence-corrected chi connectivity index (χ1v) is 13.5. The minimum Gasteiger partial charge on any atom is -0.322 e. The molecule has 3 aliphatic rings. The molecule has 3 aromatic carbocycles. The Balaban J connectivity index is 1.09. The molecule has 3 aromatic rings. The van der Waals surface area contributed by atoms with E-state index in [-0.39, 0.29) is 30.0 Å². The lowest BCUT2D eigenvalue weighted by Crippen LogP contribution is -2.52. The van der Waals surface area contributed by atoms with Crippen molar-refractivity contribution in [2.45, 2.75) is 38.5 Å². The molecule has 1 atom stereocenters. The largest absolute Gasteiger partial charge is 0.322 e. The molecule has 7 nitrogen and oxygen atoms in total. The Morgan fingerprint density at radius 1 is 0.769 bits per heavy atom. The monoisotopic (exact) mass is 526 g/mol. The van der Waals surface area contributed by atoms with Crippen molar-refractivity contribution in [1.29, 1.82) is 0 Å². The van der Waals surface area contributed by atoms with Crippen LogP contribution in [0.1, 0.15) is 39.9 Å². The van der Waals surface area contributed by atoms with E-state index in [1.165, 1.54) is 17.7 Å². The van der Waals surface area contributed by atoms with Crippen LogP contribution in [0.15, 0.2) is 66.7 Å². The molecule has 2 fully saturated rings. The minimum atomic E-state index is -0.600. The highest BCUT2D eigenvalue weighted by Gasteiger charge is 2.39. The highest BCUT2D eigenvalue weighted by molar-refractivity contribution is 6.05. The Morgan fingerprint density at radius 2 is 1.41 bits per heavy atom. The van der Waals surface area contributed by atoms with Gasteiger partial charge in [0.1, 0.15) is 11.9 Å². The number of nitrogens with zero attached hydrogens (tertiary/aromatic N) is 3. The second kappa shape index (κ2) is 10.7. The number of imide groups is 1. The average Bonchev–Trinajstić information content (AvgIpc) is 3.28. The number of rotatable bonds is 6. The summed E-state index contributed by atoms with van der Waals surface area (Å²) in [5, 5.41) is 2.37. The molecule has 0 spiro atoms. The molecule has 0 bridgehead atoms. The third kappa shape index (κ3) is 5.22. The Labute approximate surface area is 227 Å². The Bertz CT molecular complexity index is 1420. The van der Waals surface area contributed by atoms with E-state index in [0.717, 1.165) is 61.5 Å². The van der Waals surface area contributed by atoms with E-state index in [9.17, 15) is 18.8 Å². The summed E-state index contributed by atoms with van der Waals surface area (Å²) < 4.78 is 13.4. The number of hydrogen-bond donors (Lipinski definition) is 1. The topological polar surface area (TPSA) is 73.0 Å². The van der Waals surface area contributed by atoms with Crippen LogP contribution < -0.4 is 5.32 Å². The number of nitrogens with one attached hydrogen (secondary N) is 1. The SMILES string of the molecule is O=C1CCC(N2Cc3c(CN4CCN(Cc5ccccc5-c5ccc(F)cc5)CC4)cccc3C2=O)C(=O)N1. The van der Waals surface area contributed by atoms with Gasteiger partial charge in [-0.05, 0) is 52.4 Å². The third-order valence-corrected chi connectivity index (χ3v) is 8.10. The second-order valence-electron chi connectivity index (χ2n) is 10.6. The summed E-state index contributed by atoms with van der Waals surface area (Å²) in [5.74, 6) is -1.03. The van der Waals surface area contributed by atoms with Crippen molar-refractivity contribution in [1.82, 2.24) is 20.0 Å². The van der Waals surface area contributed by atoms with Crippen molar-refractivity contribution in [2.24, 2.45) is 0 Å². The first-order valence-electron chi connectivity index (χ1n) is 13.5. The summed E-state index contributed by atoms with van der Waals surface area (Å²) in [7, 11) is 0. The molecule has 2 saturated heterocycles. The summed E-state index contributed by atoms with van der Waals surface area (Å²) in [6.45, 7) is 5.65. The molecule has 1 unspecified atom stereocenters. The number of piperazine rings is 1. The number of halogens is 1. The predicted octanol–water partition coefficient (Wildman–Crippen LogP) is 3.57. The van der Waals surface area contributed by atoms with Gasteiger partial charge in [0.05, 0.1) is 0 Å². The fraction of sp³-hybridized carbons (Fsp3) is 0.323. The fourth-order valence-electron chi connectivity index (χ4n) is 5.95. The number of fused-ring (bicyclic) bond motifs is 1. The lowest BCUT2D eigenvalue weighted by molar-refractivity contribution is -0.136. The van der Waals surface area contributed by atoms with E-state index in [4.69, 9.17) is 0 Å². The standard InChI is InChI=1S/C31H31FN4O3/c32-24-10-8-21(9-11-24)25-6-2-1-4-22(25)18-34-14-16-35(17-15-34)19-23-5-3-7-26-27(23)20-36(31(26)39)28-12-13-29(37)33-30(28)38/h1-11,28H,12-20H2,(H,33,37,38). The highest BCUT2D eigenvalue weighted by Crippen LogP contribution is 2.31. The Morgan fingerprint density at radius 3 is 2.13 bits per heavy atom. The van der Waals surface area contributed by atoms with Gasteiger partial charge in [0.2, 0.25) is 11.8 Å². The van der Waals surface area contributed by atoms with Crippen molar-refractivity contribution in [3.05, 3.63) is 94.8 Å². The van der Waals surface area contributed by atoms with Gasteiger partial charge in [-0.2, -0.15) is 0 Å². The van der Waals surface area contributed by atoms with Gasteiger partial charge in [0.15, 0.2) is 0 Å². The van der Waals surface area contributed by atoms with E-state index >= 15 is 0 Å². The maximum atomic E-state index is 13.4. The average molecular weight is 527 g/mol. The number of carbonyl (C=O) groups is 3. The normalized spacial score (nSPS) is 20.3. The van der Waals surface area contributed by atoms with Crippen LogP contribution in [0.3, 0.4) is 0 Å². The van der Waals surface area contributed by atoms with Crippen molar-refractivity contribution in [3.8, 4) is 11.1 Å². The first-order chi connectivity index (χ1) is 19.0. The van der Waals surface area contributed by atoms with Gasteiger partial charge in [-0.3, -0.25) is 29.5 Å². The van der Waals surface area contributed by atoms with Crippen molar-refractivity contribution in [2.75, 3.05) is 26.2 Å². The van der Waals surface area contributed by atoms with Crippen LogP contribution in [0.4, 0.5) is 4.39 Å². The highest BCUT2D eigenvalue weighted by atomic mass is 19.1. The van der Waals surface area contributed by atoms with E-state index in [1.54, 1.807) is 4.90 Å². The molecule has 0 aromatic heterocycles. The van der Waals surface area contributed by atoms with Crippen LogP contribution >= 0.6 is 0 Å². The summed E-state index contributed by atoms with van der Waals surface area (Å²) >= 11 is 0. The lowest BCUT2D eigenvalue weighted by atomic mass is 9.99. The summed E-state index contributed by atoms with van der Waals surface area (Å²) in [4.78, 5) is 43.6. The van der Waals surface area contributed by atoms with E-state index in [0.29, 0.717) is 18.5 Å². The molecule has 3 amide bonds. The maximum Gasteiger partial charge on any atom is 0.255 e. The fourth-order valence-corrected chi connectivity index (χ4v) is 5.95. The van der Waals surface area contributed by atoms with Crippen LogP contribution in [0.5, 0.6) is 0 Å². The lowest BCUT2D eigenvalue weighted by Gasteiger charge is -2.35. The molecule has 3 heterocycles. The van der Waals surface area contributed by atoms with Gasteiger partial charge in [0, 0.05) is 57.8 Å². The first kappa shape index (κ1) is 25.4. The van der Waals surface area contributed by atoms with Crippen LogP contribution in [0.25, 0.3) is 11.1 Å². The molecule has 200 valence electrons. The molecule has 0 saturated carbocycles. The van der Waals surface area contributed by atoms with Gasteiger partial charge in [-0.1, -0.05) is 48.5 Å². The summed E-state index contributed by atoms with van der Waals surface area (Å²) in [6, 6.07) is 20.2. The zero-order valence-corrected chi connectivity index (χ0v) is 21.7. The molecule has 39 heavy (non-hydrogen) atoms. The molecule has 1 N–H and O–H groups in total. The van der Waals surface area contributed by atoms with Crippen molar-refractivity contribution in [3.63, 3.8) is 0 Å². The zero-order valence-electron chi connectivity index (χ0n) is 21.7.